The number of rotatable bonds is 6. The van der Waals surface area contributed by atoms with E-state index in [0.717, 1.165) is 50.3 Å². The van der Waals surface area contributed by atoms with E-state index in [9.17, 15) is 4.79 Å². The molecule has 0 spiro atoms. The van der Waals surface area contributed by atoms with Crippen molar-refractivity contribution in [1.82, 2.24) is 4.90 Å². The summed E-state index contributed by atoms with van der Waals surface area (Å²) in [6.45, 7) is 2.50. The summed E-state index contributed by atoms with van der Waals surface area (Å²) in [5, 5.41) is 0. The van der Waals surface area contributed by atoms with Crippen molar-refractivity contribution in [2.45, 2.75) is 25.7 Å². The molecule has 1 aliphatic rings. The Morgan fingerprint density at radius 1 is 1.33 bits per heavy atom. The van der Waals surface area contributed by atoms with Gasteiger partial charge < -0.3 is 14.4 Å². The zero-order valence-electron chi connectivity index (χ0n) is 13.0. The molecule has 21 heavy (non-hydrogen) atoms. The Morgan fingerprint density at radius 3 is 2.76 bits per heavy atom. The van der Waals surface area contributed by atoms with Crippen LogP contribution < -0.4 is 4.74 Å². The van der Waals surface area contributed by atoms with Gasteiger partial charge in [0.1, 0.15) is 5.75 Å². The molecule has 4 heteroatoms. The maximum atomic E-state index is 12.2. The van der Waals surface area contributed by atoms with E-state index in [0.29, 0.717) is 12.3 Å². The summed E-state index contributed by atoms with van der Waals surface area (Å²) in [7, 11) is 3.57. The first-order valence-corrected chi connectivity index (χ1v) is 7.64. The Labute approximate surface area is 127 Å². The van der Waals surface area contributed by atoms with Crippen LogP contribution in [0.3, 0.4) is 0 Å². The van der Waals surface area contributed by atoms with E-state index in [4.69, 9.17) is 9.47 Å². The van der Waals surface area contributed by atoms with Crippen LogP contribution in [0, 0.1) is 5.92 Å². The van der Waals surface area contributed by atoms with E-state index in [1.807, 2.05) is 36.2 Å². The number of benzene rings is 1. The highest BCUT2D eigenvalue weighted by molar-refractivity contribution is 5.76. The van der Waals surface area contributed by atoms with Crippen LogP contribution in [0.1, 0.15) is 24.8 Å². The van der Waals surface area contributed by atoms with Crippen LogP contribution in [0.15, 0.2) is 24.3 Å². The second-order valence-electron chi connectivity index (χ2n) is 5.64. The summed E-state index contributed by atoms with van der Waals surface area (Å²) in [5.74, 6) is 1.64. The molecular formula is C17H25NO3. The Hall–Kier alpha value is -1.55. The maximum absolute atomic E-state index is 12.2. The van der Waals surface area contributed by atoms with Gasteiger partial charge in [0.25, 0.3) is 0 Å². The largest absolute Gasteiger partial charge is 0.496 e. The molecule has 1 aromatic carbocycles. The van der Waals surface area contributed by atoms with E-state index < -0.39 is 0 Å². The van der Waals surface area contributed by atoms with Crippen molar-refractivity contribution < 1.29 is 14.3 Å². The number of hydrogen-bond donors (Lipinski definition) is 0. The van der Waals surface area contributed by atoms with Gasteiger partial charge in [-0.05, 0) is 36.8 Å². The monoisotopic (exact) mass is 291 g/mol. The molecule has 4 nitrogen and oxygen atoms in total. The van der Waals surface area contributed by atoms with Crippen molar-refractivity contribution in [1.29, 1.82) is 0 Å². The van der Waals surface area contributed by atoms with Gasteiger partial charge in [-0.3, -0.25) is 4.79 Å². The lowest BCUT2D eigenvalue weighted by Crippen LogP contribution is -2.34. The molecule has 2 rings (SSSR count). The van der Waals surface area contributed by atoms with E-state index >= 15 is 0 Å². The third-order valence-corrected chi connectivity index (χ3v) is 4.10. The van der Waals surface area contributed by atoms with Gasteiger partial charge in [-0.1, -0.05) is 18.2 Å². The number of hydrogen-bond acceptors (Lipinski definition) is 3. The molecule has 0 aliphatic carbocycles. The average Bonchev–Trinajstić information content (AvgIpc) is 2.53. The van der Waals surface area contributed by atoms with Crippen molar-refractivity contribution >= 4 is 5.91 Å². The number of aryl methyl sites for hydroxylation is 1. The van der Waals surface area contributed by atoms with Gasteiger partial charge in [0.05, 0.1) is 7.11 Å². The number of nitrogens with zero attached hydrogens (tertiary/aromatic N) is 1. The lowest BCUT2D eigenvalue weighted by molar-refractivity contribution is -0.130. The highest BCUT2D eigenvalue weighted by atomic mass is 16.5. The van der Waals surface area contributed by atoms with Crippen molar-refractivity contribution in [3.05, 3.63) is 29.8 Å². The van der Waals surface area contributed by atoms with Crippen molar-refractivity contribution in [2.24, 2.45) is 5.92 Å². The molecule has 1 aliphatic heterocycles. The maximum Gasteiger partial charge on any atom is 0.222 e. The van der Waals surface area contributed by atoms with Gasteiger partial charge in [0.2, 0.25) is 5.91 Å². The first-order valence-electron chi connectivity index (χ1n) is 7.64. The summed E-state index contributed by atoms with van der Waals surface area (Å²) in [6, 6.07) is 7.88. The van der Waals surface area contributed by atoms with Gasteiger partial charge in [0, 0.05) is 33.2 Å². The molecule has 116 valence electrons. The average molecular weight is 291 g/mol. The molecule has 0 saturated carbocycles. The fourth-order valence-electron chi connectivity index (χ4n) is 2.76. The highest BCUT2D eigenvalue weighted by Gasteiger charge is 2.18. The molecular weight excluding hydrogens is 266 g/mol. The Bertz CT molecular complexity index is 455. The predicted octanol–water partition coefficient (Wildman–Crippen LogP) is 2.51. The van der Waals surface area contributed by atoms with Gasteiger partial charge in [0.15, 0.2) is 0 Å². The molecule has 0 N–H and O–H groups in total. The van der Waals surface area contributed by atoms with Gasteiger partial charge in [-0.2, -0.15) is 0 Å². The molecule has 1 aromatic rings. The first-order chi connectivity index (χ1) is 10.2. The normalized spacial score (nSPS) is 15.7. The molecule has 1 fully saturated rings. The fraction of sp³-hybridized carbons (Fsp3) is 0.588. The lowest BCUT2D eigenvalue weighted by Gasteiger charge is -2.27. The van der Waals surface area contributed by atoms with Crippen LogP contribution in [-0.2, 0) is 16.0 Å². The van der Waals surface area contributed by atoms with Gasteiger partial charge in [-0.15, -0.1) is 0 Å². The number of amides is 1. The molecule has 1 saturated heterocycles. The summed E-state index contributed by atoms with van der Waals surface area (Å²) < 4.78 is 10.7. The fourth-order valence-corrected chi connectivity index (χ4v) is 2.76. The van der Waals surface area contributed by atoms with Crippen LogP contribution in [-0.4, -0.2) is 44.7 Å². The standard InChI is InChI=1S/C17H25NO3/c1-18(13-14-9-11-21-12-10-14)17(19)8-7-15-5-3-4-6-16(15)20-2/h3-6,14H,7-13H2,1-2H3. The van der Waals surface area contributed by atoms with Crippen LogP contribution in [0.25, 0.3) is 0 Å². The quantitative estimate of drug-likeness (QED) is 0.808. The Kier molecular flexibility index (Phi) is 6.05. The SMILES string of the molecule is COc1ccccc1CCC(=O)N(C)CC1CCOCC1. The van der Waals surface area contributed by atoms with E-state index in [1.165, 1.54) is 0 Å². The topological polar surface area (TPSA) is 38.8 Å². The number of para-hydroxylation sites is 1. The molecule has 0 bridgehead atoms. The molecule has 1 amide bonds. The summed E-state index contributed by atoms with van der Waals surface area (Å²) in [5.41, 5.74) is 1.09. The third-order valence-electron chi connectivity index (χ3n) is 4.10. The number of methoxy groups -OCH3 is 1. The van der Waals surface area contributed by atoms with Crippen LogP contribution >= 0.6 is 0 Å². The molecule has 0 radical (unpaired) electrons. The number of carbonyl (C=O) groups excluding carboxylic acids is 1. The van der Waals surface area contributed by atoms with Crippen molar-refractivity contribution in [2.75, 3.05) is 33.9 Å². The van der Waals surface area contributed by atoms with E-state index in [2.05, 4.69) is 0 Å². The molecule has 1 heterocycles. The summed E-state index contributed by atoms with van der Waals surface area (Å²) in [4.78, 5) is 14.1. The molecule has 0 aromatic heterocycles. The van der Waals surface area contributed by atoms with Crippen LogP contribution in [0.5, 0.6) is 5.75 Å². The summed E-state index contributed by atoms with van der Waals surface area (Å²) in [6.07, 6.45) is 3.37. The minimum atomic E-state index is 0.201. The smallest absolute Gasteiger partial charge is 0.222 e. The molecule has 0 atom stereocenters. The van der Waals surface area contributed by atoms with Crippen molar-refractivity contribution in [3.63, 3.8) is 0 Å². The highest BCUT2D eigenvalue weighted by Crippen LogP contribution is 2.20. The number of carbonyl (C=O) groups is 1. The van der Waals surface area contributed by atoms with Crippen LogP contribution in [0.2, 0.25) is 0 Å². The Morgan fingerprint density at radius 2 is 2.05 bits per heavy atom. The lowest BCUT2D eigenvalue weighted by atomic mass is 9.99. The minimum absolute atomic E-state index is 0.201. The minimum Gasteiger partial charge on any atom is -0.496 e. The van der Waals surface area contributed by atoms with E-state index in [-0.39, 0.29) is 5.91 Å². The second-order valence-corrected chi connectivity index (χ2v) is 5.64. The Balaban J connectivity index is 1.80. The predicted molar refractivity (Wildman–Crippen MR) is 82.5 cm³/mol. The summed E-state index contributed by atoms with van der Waals surface area (Å²) >= 11 is 0. The van der Waals surface area contributed by atoms with Gasteiger partial charge in [-0.25, -0.2) is 0 Å². The number of ether oxygens (including phenoxy) is 2. The zero-order chi connectivity index (χ0) is 15.1. The van der Waals surface area contributed by atoms with Gasteiger partial charge >= 0.3 is 0 Å². The third kappa shape index (κ3) is 4.74. The van der Waals surface area contributed by atoms with Crippen LogP contribution in [0.4, 0.5) is 0 Å². The first kappa shape index (κ1) is 15.8. The molecule has 0 unspecified atom stereocenters. The van der Waals surface area contributed by atoms with Crippen molar-refractivity contribution in [3.8, 4) is 5.75 Å². The second kappa shape index (κ2) is 8.03. The zero-order valence-corrected chi connectivity index (χ0v) is 13.0. The van der Waals surface area contributed by atoms with E-state index in [1.54, 1.807) is 7.11 Å².